The number of carboxylic acids is 1. The van der Waals surface area contributed by atoms with Crippen LogP contribution in [-0.2, 0) is 18.5 Å². The van der Waals surface area contributed by atoms with E-state index in [1.54, 1.807) is 16.7 Å². The first-order valence-electron chi connectivity index (χ1n) is 9.94. The van der Waals surface area contributed by atoms with Crippen molar-refractivity contribution >= 4 is 5.97 Å². The fourth-order valence-corrected chi connectivity index (χ4v) is 3.58. The van der Waals surface area contributed by atoms with E-state index >= 15 is 0 Å². The predicted molar refractivity (Wildman–Crippen MR) is 116 cm³/mol. The van der Waals surface area contributed by atoms with Crippen LogP contribution >= 0.6 is 0 Å². The fourth-order valence-electron chi connectivity index (χ4n) is 3.58. The van der Waals surface area contributed by atoms with Crippen LogP contribution in [0.25, 0.3) is 11.1 Å². The number of nitrogens with zero attached hydrogens (tertiary/aromatic N) is 2. The smallest absolute Gasteiger partial charge is 0.336 e. The van der Waals surface area contributed by atoms with Crippen molar-refractivity contribution in [2.45, 2.75) is 52.6 Å². The Bertz CT molecular complexity index is 1070. The maximum absolute atomic E-state index is 12.9. The molecule has 1 N–H and O–H groups in total. The number of imidazole rings is 1. The third kappa shape index (κ3) is 4.34. The van der Waals surface area contributed by atoms with E-state index in [1.165, 1.54) is 0 Å². The lowest BCUT2D eigenvalue weighted by Crippen LogP contribution is -2.28. The molecule has 1 heterocycles. The van der Waals surface area contributed by atoms with E-state index in [1.807, 2.05) is 47.2 Å². The van der Waals surface area contributed by atoms with Crippen molar-refractivity contribution in [1.82, 2.24) is 9.13 Å². The zero-order chi connectivity index (χ0) is 21.2. The molecule has 0 spiro atoms. The van der Waals surface area contributed by atoms with Crippen LogP contribution in [0.2, 0.25) is 0 Å². The van der Waals surface area contributed by atoms with Crippen molar-refractivity contribution in [3.05, 3.63) is 82.0 Å². The van der Waals surface area contributed by atoms with E-state index in [0.29, 0.717) is 18.7 Å². The summed E-state index contributed by atoms with van der Waals surface area (Å²) in [6, 6.07) is 14.7. The molecule has 29 heavy (non-hydrogen) atoms. The first kappa shape index (κ1) is 20.6. The molecule has 0 atom stereocenters. The molecule has 0 aliphatic rings. The molecule has 3 rings (SSSR count). The first-order valence-corrected chi connectivity index (χ1v) is 9.94. The molecule has 0 aliphatic heterocycles. The molecule has 1 aromatic heterocycles. The number of carboxylic acid groups (broad SMARTS) is 1. The molecule has 0 aliphatic carbocycles. The summed E-state index contributed by atoms with van der Waals surface area (Å²) in [7, 11) is 0. The summed E-state index contributed by atoms with van der Waals surface area (Å²) in [5.41, 5.74) is 3.70. The van der Waals surface area contributed by atoms with Gasteiger partial charge >= 0.3 is 11.7 Å². The Morgan fingerprint density at radius 1 is 1.03 bits per heavy atom. The van der Waals surface area contributed by atoms with Crippen LogP contribution < -0.4 is 5.69 Å². The normalized spacial score (nSPS) is 11.6. The van der Waals surface area contributed by atoms with E-state index in [4.69, 9.17) is 0 Å². The Labute approximate surface area is 171 Å². The van der Waals surface area contributed by atoms with Gasteiger partial charge in [0, 0.05) is 23.9 Å². The summed E-state index contributed by atoms with van der Waals surface area (Å²) in [4.78, 5) is 24.4. The lowest BCUT2D eigenvalue weighted by Gasteiger charge is -2.20. The van der Waals surface area contributed by atoms with Crippen molar-refractivity contribution in [3.63, 3.8) is 0 Å². The lowest BCUT2D eigenvalue weighted by atomic mass is 9.92. The zero-order valence-corrected chi connectivity index (χ0v) is 17.5. The average Bonchev–Trinajstić information content (AvgIpc) is 2.99. The molecular weight excluding hydrogens is 364 g/mol. The summed E-state index contributed by atoms with van der Waals surface area (Å²) >= 11 is 0. The molecule has 2 aromatic carbocycles. The quantitative estimate of drug-likeness (QED) is 0.657. The van der Waals surface area contributed by atoms with Crippen LogP contribution in [0.3, 0.4) is 0 Å². The highest BCUT2D eigenvalue weighted by atomic mass is 16.4. The van der Waals surface area contributed by atoms with E-state index in [-0.39, 0.29) is 16.7 Å². The van der Waals surface area contributed by atoms with Gasteiger partial charge in [-0.25, -0.2) is 9.59 Å². The Balaban J connectivity index is 1.95. The van der Waals surface area contributed by atoms with Crippen LogP contribution in [0.5, 0.6) is 0 Å². The highest BCUT2D eigenvalue weighted by Crippen LogP contribution is 2.25. The number of aryl methyl sites for hydroxylation is 1. The molecule has 0 unspecified atom stereocenters. The minimum absolute atomic E-state index is 0.0112. The fraction of sp³-hybridized carbons (Fsp3) is 0.333. The highest BCUT2D eigenvalue weighted by molar-refractivity contribution is 5.95. The zero-order valence-electron chi connectivity index (χ0n) is 17.5. The molecule has 0 amide bonds. The highest BCUT2D eigenvalue weighted by Gasteiger charge is 2.22. The molecule has 0 bridgehead atoms. The van der Waals surface area contributed by atoms with Crippen molar-refractivity contribution < 1.29 is 9.90 Å². The van der Waals surface area contributed by atoms with E-state index < -0.39 is 5.97 Å². The van der Waals surface area contributed by atoms with Crippen molar-refractivity contribution in [1.29, 1.82) is 0 Å². The minimum atomic E-state index is -0.941. The van der Waals surface area contributed by atoms with Gasteiger partial charge in [-0.1, -0.05) is 70.2 Å². The maximum atomic E-state index is 12.9. The summed E-state index contributed by atoms with van der Waals surface area (Å²) < 4.78 is 3.63. The largest absolute Gasteiger partial charge is 0.478 e. The van der Waals surface area contributed by atoms with E-state index in [2.05, 4.69) is 27.7 Å². The standard InChI is InChI=1S/C24H28N2O3/c1-5-14-25-16-21(24(2,3)4)26(23(25)29)15-17-10-12-18(13-11-17)19-8-6-7-9-20(19)22(27)28/h6-13,16H,5,14-15H2,1-4H3,(H,27,28). The Kier molecular flexibility index (Phi) is 5.78. The van der Waals surface area contributed by atoms with Gasteiger partial charge in [-0.3, -0.25) is 9.13 Å². The average molecular weight is 392 g/mol. The second-order valence-electron chi connectivity index (χ2n) is 8.37. The Hall–Kier alpha value is -3.08. The third-order valence-corrected chi connectivity index (χ3v) is 5.04. The van der Waals surface area contributed by atoms with Gasteiger partial charge in [-0.05, 0) is 29.2 Å². The van der Waals surface area contributed by atoms with Crippen LogP contribution in [-0.4, -0.2) is 20.2 Å². The van der Waals surface area contributed by atoms with Crippen molar-refractivity contribution in [2.75, 3.05) is 0 Å². The number of rotatable bonds is 6. The predicted octanol–water partition coefficient (Wildman–Crippen LogP) is 4.77. The van der Waals surface area contributed by atoms with Gasteiger partial charge in [-0.2, -0.15) is 0 Å². The monoisotopic (exact) mass is 392 g/mol. The van der Waals surface area contributed by atoms with Crippen molar-refractivity contribution in [2.24, 2.45) is 0 Å². The van der Waals surface area contributed by atoms with Gasteiger partial charge in [0.15, 0.2) is 0 Å². The van der Waals surface area contributed by atoms with Gasteiger partial charge < -0.3 is 5.11 Å². The Morgan fingerprint density at radius 2 is 1.69 bits per heavy atom. The van der Waals surface area contributed by atoms with Crippen LogP contribution in [0.15, 0.2) is 59.5 Å². The summed E-state index contributed by atoms with van der Waals surface area (Å²) in [5.74, 6) is -0.941. The molecule has 5 nitrogen and oxygen atoms in total. The topological polar surface area (TPSA) is 64.2 Å². The molecule has 3 aromatic rings. The molecular formula is C24H28N2O3. The molecule has 152 valence electrons. The summed E-state index contributed by atoms with van der Waals surface area (Å²) in [6.45, 7) is 9.60. The number of hydrogen-bond donors (Lipinski definition) is 1. The lowest BCUT2D eigenvalue weighted by molar-refractivity contribution is 0.0697. The third-order valence-electron chi connectivity index (χ3n) is 5.04. The second-order valence-corrected chi connectivity index (χ2v) is 8.37. The maximum Gasteiger partial charge on any atom is 0.336 e. The van der Waals surface area contributed by atoms with Gasteiger partial charge in [0.25, 0.3) is 0 Å². The van der Waals surface area contributed by atoms with Crippen LogP contribution in [0.4, 0.5) is 0 Å². The molecule has 0 saturated heterocycles. The van der Waals surface area contributed by atoms with Gasteiger partial charge in [0.2, 0.25) is 0 Å². The first-order chi connectivity index (χ1) is 13.7. The van der Waals surface area contributed by atoms with Gasteiger partial charge in [0.05, 0.1) is 12.1 Å². The van der Waals surface area contributed by atoms with Gasteiger partial charge in [-0.15, -0.1) is 0 Å². The molecule has 0 saturated carbocycles. The number of aromatic nitrogens is 2. The number of hydrogen-bond acceptors (Lipinski definition) is 2. The van der Waals surface area contributed by atoms with Gasteiger partial charge in [0.1, 0.15) is 0 Å². The molecule has 0 radical (unpaired) electrons. The summed E-state index contributed by atoms with van der Waals surface area (Å²) in [5, 5.41) is 9.42. The number of aromatic carboxylic acids is 1. The van der Waals surface area contributed by atoms with E-state index in [0.717, 1.165) is 23.2 Å². The van der Waals surface area contributed by atoms with E-state index in [9.17, 15) is 14.7 Å². The summed E-state index contributed by atoms with van der Waals surface area (Å²) in [6.07, 6.45) is 2.88. The van der Waals surface area contributed by atoms with Crippen molar-refractivity contribution in [3.8, 4) is 11.1 Å². The Morgan fingerprint density at radius 3 is 2.28 bits per heavy atom. The molecule has 0 fully saturated rings. The van der Waals surface area contributed by atoms with Crippen LogP contribution in [0, 0.1) is 0 Å². The second kappa shape index (κ2) is 8.11. The minimum Gasteiger partial charge on any atom is -0.478 e. The van der Waals surface area contributed by atoms with Crippen LogP contribution in [0.1, 0.15) is 55.7 Å². The SMILES string of the molecule is CCCn1cc(C(C)(C)C)n(Cc2ccc(-c3ccccc3C(=O)O)cc2)c1=O. The number of benzene rings is 2. The molecule has 5 heteroatoms. The number of carbonyl (C=O) groups is 1.